The summed E-state index contributed by atoms with van der Waals surface area (Å²) in [5.41, 5.74) is 8.47. The summed E-state index contributed by atoms with van der Waals surface area (Å²) in [6, 6.07) is 18.9. The molecule has 1 saturated heterocycles. The largest absolute Gasteiger partial charge is 0.292 e. The molecule has 0 saturated carbocycles. The first-order valence-corrected chi connectivity index (χ1v) is 10.6. The molecule has 0 radical (unpaired) electrons. The average molecular weight is 417 g/mol. The number of aryl methyl sites for hydroxylation is 1. The average Bonchev–Trinajstić information content (AvgIpc) is 3.38. The van der Waals surface area contributed by atoms with Crippen LogP contribution in [0.1, 0.15) is 47.0 Å². The van der Waals surface area contributed by atoms with Crippen molar-refractivity contribution in [3.05, 3.63) is 88.8 Å². The third-order valence-electron chi connectivity index (χ3n) is 6.03. The van der Waals surface area contributed by atoms with Gasteiger partial charge in [0, 0.05) is 29.9 Å². The van der Waals surface area contributed by atoms with Gasteiger partial charge in [0.05, 0.1) is 11.4 Å². The highest BCUT2D eigenvalue weighted by atomic mass is 16.5. The van der Waals surface area contributed by atoms with Crippen molar-refractivity contribution >= 4 is 12.0 Å². The van der Waals surface area contributed by atoms with Gasteiger partial charge in [0.2, 0.25) is 0 Å². The van der Waals surface area contributed by atoms with Gasteiger partial charge in [-0.25, -0.2) is 10.2 Å². The first-order chi connectivity index (χ1) is 15.1. The highest BCUT2D eigenvalue weighted by Crippen LogP contribution is 2.34. The van der Waals surface area contributed by atoms with Gasteiger partial charge in [-0.2, -0.15) is 5.10 Å². The van der Waals surface area contributed by atoms with Crippen LogP contribution in [0, 0.1) is 13.8 Å². The maximum Gasteiger partial charge on any atom is 0.267 e. The van der Waals surface area contributed by atoms with Crippen molar-refractivity contribution in [2.75, 3.05) is 6.54 Å². The molecule has 1 unspecified atom stereocenters. The van der Waals surface area contributed by atoms with E-state index < -0.39 is 5.91 Å². The summed E-state index contributed by atoms with van der Waals surface area (Å²) < 4.78 is 2.04. The Bertz CT molecular complexity index is 1070. The number of benzene rings is 2. The molecule has 1 amide bonds. The number of hydroxylamine groups is 1. The number of amides is 1. The number of hydrogen-bond acceptors (Lipinski definition) is 4. The van der Waals surface area contributed by atoms with Crippen molar-refractivity contribution in [2.24, 2.45) is 0 Å². The first-order valence-electron chi connectivity index (χ1n) is 10.6. The lowest BCUT2D eigenvalue weighted by molar-refractivity contribution is -0.124. The summed E-state index contributed by atoms with van der Waals surface area (Å²) in [6.07, 6.45) is 5.31. The van der Waals surface area contributed by atoms with Gasteiger partial charge in [-0.1, -0.05) is 42.5 Å². The van der Waals surface area contributed by atoms with E-state index >= 15 is 0 Å². The topological polar surface area (TPSA) is 70.4 Å². The predicted molar refractivity (Wildman–Crippen MR) is 121 cm³/mol. The molecule has 4 rings (SSSR count). The van der Waals surface area contributed by atoms with E-state index in [2.05, 4.69) is 43.0 Å². The Balaban J connectivity index is 1.52. The van der Waals surface area contributed by atoms with Crippen LogP contribution < -0.4 is 5.48 Å². The van der Waals surface area contributed by atoms with E-state index in [0.29, 0.717) is 6.04 Å². The van der Waals surface area contributed by atoms with Crippen molar-refractivity contribution in [1.29, 1.82) is 0 Å². The van der Waals surface area contributed by atoms with Crippen molar-refractivity contribution in [2.45, 2.75) is 39.3 Å². The number of rotatable bonds is 6. The molecule has 0 bridgehead atoms. The van der Waals surface area contributed by atoms with Gasteiger partial charge in [-0.15, -0.1) is 0 Å². The fourth-order valence-corrected chi connectivity index (χ4v) is 4.36. The third-order valence-corrected chi connectivity index (χ3v) is 6.03. The Morgan fingerprint density at radius 3 is 2.61 bits per heavy atom. The molecule has 1 atom stereocenters. The van der Waals surface area contributed by atoms with Crippen LogP contribution in [-0.2, 0) is 11.3 Å². The lowest BCUT2D eigenvalue weighted by Crippen LogP contribution is -2.23. The molecule has 1 fully saturated rings. The van der Waals surface area contributed by atoms with Crippen LogP contribution in [0.2, 0.25) is 0 Å². The van der Waals surface area contributed by atoms with Crippen molar-refractivity contribution in [1.82, 2.24) is 20.2 Å². The summed E-state index contributed by atoms with van der Waals surface area (Å²) in [4.78, 5) is 13.7. The van der Waals surface area contributed by atoms with E-state index in [-0.39, 0.29) is 0 Å². The van der Waals surface area contributed by atoms with E-state index in [0.717, 1.165) is 36.5 Å². The summed E-state index contributed by atoms with van der Waals surface area (Å²) in [6.45, 7) is 6.19. The number of nitrogens with one attached hydrogen (secondary N) is 1. The Morgan fingerprint density at radius 1 is 1.16 bits per heavy atom. The number of carbonyl (C=O) groups is 1. The molecular formula is C25H28N4O2. The zero-order valence-electron chi connectivity index (χ0n) is 18.0. The standard InChI is InChI=1S/C25H28N4O2/c1-18-23(19(2)29(26-18)22-7-4-3-5-8-22)17-28-16-6-9-24(28)21-13-10-20(11-14-21)12-15-25(30)27-31/h3-5,7-8,10-15,24,31H,6,9,16-17H2,1-2H3,(H,27,30)/b15-12+. The summed E-state index contributed by atoms with van der Waals surface area (Å²) in [5, 5.41) is 13.4. The molecule has 0 aliphatic carbocycles. The maximum absolute atomic E-state index is 11.2. The second-order valence-corrected chi connectivity index (χ2v) is 8.00. The Hall–Kier alpha value is -3.22. The number of nitrogens with zero attached hydrogens (tertiary/aromatic N) is 3. The minimum absolute atomic E-state index is 0.373. The molecule has 6 nitrogen and oxygen atoms in total. The molecule has 0 spiro atoms. The van der Waals surface area contributed by atoms with Gasteiger partial charge in [-0.05, 0) is 62.6 Å². The van der Waals surface area contributed by atoms with Gasteiger partial charge in [0.1, 0.15) is 0 Å². The summed E-state index contributed by atoms with van der Waals surface area (Å²) in [5.74, 6) is -0.534. The normalized spacial score (nSPS) is 16.8. The van der Waals surface area contributed by atoms with Crippen molar-refractivity contribution < 1.29 is 10.0 Å². The Labute approximate surface area is 182 Å². The van der Waals surface area contributed by atoms with Crippen LogP contribution in [-0.4, -0.2) is 32.3 Å². The van der Waals surface area contributed by atoms with Gasteiger partial charge in [0.15, 0.2) is 0 Å². The van der Waals surface area contributed by atoms with Gasteiger partial charge >= 0.3 is 0 Å². The van der Waals surface area contributed by atoms with Crippen LogP contribution >= 0.6 is 0 Å². The highest BCUT2D eigenvalue weighted by molar-refractivity contribution is 5.90. The number of hydrogen-bond donors (Lipinski definition) is 2. The second-order valence-electron chi connectivity index (χ2n) is 8.00. The molecule has 31 heavy (non-hydrogen) atoms. The molecule has 3 aromatic rings. The summed E-state index contributed by atoms with van der Waals surface area (Å²) >= 11 is 0. The Kier molecular flexibility index (Phi) is 6.30. The van der Waals surface area contributed by atoms with E-state index in [9.17, 15) is 4.79 Å². The monoisotopic (exact) mass is 416 g/mol. The van der Waals surface area contributed by atoms with Crippen LogP contribution in [0.25, 0.3) is 11.8 Å². The summed E-state index contributed by atoms with van der Waals surface area (Å²) in [7, 11) is 0. The minimum Gasteiger partial charge on any atom is -0.292 e. The fraction of sp³-hybridized carbons (Fsp3) is 0.280. The van der Waals surface area contributed by atoms with Crippen molar-refractivity contribution in [3.8, 4) is 5.69 Å². The zero-order chi connectivity index (χ0) is 21.8. The minimum atomic E-state index is -0.534. The maximum atomic E-state index is 11.2. The molecule has 2 aromatic carbocycles. The van der Waals surface area contributed by atoms with Crippen LogP contribution in [0.5, 0.6) is 0 Å². The molecule has 1 aromatic heterocycles. The van der Waals surface area contributed by atoms with Gasteiger partial charge < -0.3 is 0 Å². The number of carbonyl (C=O) groups excluding carboxylic acids is 1. The molecule has 160 valence electrons. The fourth-order valence-electron chi connectivity index (χ4n) is 4.36. The molecule has 1 aliphatic heterocycles. The predicted octanol–water partition coefficient (Wildman–Crippen LogP) is 4.34. The molecular weight excluding hydrogens is 388 g/mol. The SMILES string of the molecule is Cc1nn(-c2ccccc2)c(C)c1CN1CCCC1c1ccc(/C=C/C(=O)NO)cc1. The lowest BCUT2D eigenvalue weighted by Gasteiger charge is -2.25. The quantitative estimate of drug-likeness (QED) is 0.356. The van der Waals surface area contributed by atoms with Gasteiger partial charge in [-0.3, -0.25) is 14.9 Å². The second kappa shape index (κ2) is 9.29. The third kappa shape index (κ3) is 4.60. The molecule has 6 heteroatoms. The van der Waals surface area contributed by atoms with E-state index in [1.165, 1.54) is 29.3 Å². The van der Waals surface area contributed by atoms with Gasteiger partial charge in [0.25, 0.3) is 5.91 Å². The zero-order valence-corrected chi connectivity index (χ0v) is 18.0. The lowest BCUT2D eigenvalue weighted by atomic mass is 10.0. The Morgan fingerprint density at radius 2 is 1.90 bits per heavy atom. The smallest absolute Gasteiger partial charge is 0.267 e. The van der Waals surface area contributed by atoms with Crippen LogP contribution in [0.4, 0.5) is 0 Å². The molecule has 1 aliphatic rings. The molecule has 2 N–H and O–H groups in total. The first kappa shape index (κ1) is 21.0. The molecule has 2 heterocycles. The van der Waals surface area contributed by atoms with E-state index in [1.54, 1.807) is 11.6 Å². The van der Waals surface area contributed by atoms with Crippen LogP contribution in [0.15, 0.2) is 60.7 Å². The number of aromatic nitrogens is 2. The highest BCUT2D eigenvalue weighted by Gasteiger charge is 2.27. The number of likely N-dealkylation sites (tertiary alicyclic amines) is 1. The van der Waals surface area contributed by atoms with Crippen LogP contribution in [0.3, 0.4) is 0 Å². The van der Waals surface area contributed by atoms with E-state index in [4.69, 9.17) is 10.3 Å². The number of para-hydroxylation sites is 1. The van der Waals surface area contributed by atoms with E-state index in [1.807, 2.05) is 35.0 Å². The van der Waals surface area contributed by atoms with Crippen molar-refractivity contribution in [3.63, 3.8) is 0 Å².